The van der Waals surface area contributed by atoms with Gasteiger partial charge in [-0.25, -0.2) is 0 Å². The largest absolute Gasteiger partial charge is 0.417 e. The summed E-state index contributed by atoms with van der Waals surface area (Å²) in [4.78, 5) is 14.7. The minimum atomic E-state index is -4.54. The Hall–Kier alpha value is -2.47. The van der Waals surface area contributed by atoms with Gasteiger partial charge in [-0.1, -0.05) is 54.6 Å². The van der Waals surface area contributed by atoms with Gasteiger partial charge < -0.3 is 10.2 Å². The van der Waals surface area contributed by atoms with Crippen molar-refractivity contribution in [3.05, 3.63) is 76.3 Å². The van der Waals surface area contributed by atoms with E-state index >= 15 is 0 Å². The molecule has 142 valence electrons. The second-order valence-electron chi connectivity index (χ2n) is 6.22. The average Bonchev–Trinajstić information content (AvgIpc) is 2.92. The van der Waals surface area contributed by atoms with Crippen molar-refractivity contribution in [2.24, 2.45) is 0 Å². The van der Waals surface area contributed by atoms with Gasteiger partial charge in [-0.3, -0.25) is 4.79 Å². The maximum absolute atomic E-state index is 13.0. The van der Waals surface area contributed by atoms with Crippen LogP contribution in [-0.4, -0.2) is 17.4 Å². The van der Waals surface area contributed by atoms with Gasteiger partial charge in [0.05, 0.1) is 10.6 Å². The van der Waals surface area contributed by atoms with Crippen molar-refractivity contribution in [2.75, 3.05) is 6.54 Å². The van der Waals surface area contributed by atoms with Crippen LogP contribution in [-0.2, 0) is 17.5 Å². The topological polar surface area (TPSA) is 32.3 Å². The fourth-order valence-corrected chi connectivity index (χ4v) is 3.65. The molecule has 0 saturated carbocycles. The highest BCUT2D eigenvalue weighted by atomic mass is 35.5. The lowest BCUT2D eigenvalue weighted by Crippen LogP contribution is -2.36. The lowest BCUT2D eigenvalue weighted by atomic mass is 10.0. The predicted molar refractivity (Wildman–Crippen MR) is 98.9 cm³/mol. The number of benzene rings is 2. The molecule has 3 nitrogen and oxygen atoms in total. The smallest absolute Gasteiger partial charge is 0.356 e. The highest BCUT2D eigenvalue weighted by Crippen LogP contribution is 2.40. The number of alkyl halides is 3. The third kappa shape index (κ3) is 3.54. The van der Waals surface area contributed by atoms with Crippen LogP contribution in [0.15, 0.2) is 49.0 Å². The monoisotopic (exact) mass is 394 g/mol. The summed E-state index contributed by atoms with van der Waals surface area (Å²) in [5.41, 5.74) is 1.79. The number of hydrogen-bond acceptors (Lipinski definition) is 2. The quantitative estimate of drug-likeness (QED) is 0.789. The summed E-state index contributed by atoms with van der Waals surface area (Å²) in [6.45, 7) is 6.46. The molecule has 1 amide bonds. The van der Waals surface area contributed by atoms with Crippen molar-refractivity contribution in [3.8, 4) is 0 Å². The zero-order valence-electron chi connectivity index (χ0n) is 14.6. The maximum Gasteiger partial charge on any atom is 0.417 e. The number of carbonyl (C=O) groups excluding carboxylic acids is 1. The zero-order valence-corrected chi connectivity index (χ0v) is 15.4. The van der Waals surface area contributed by atoms with Crippen LogP contribution >= 0.6 is 11.6 Å². The number of rotatable bonds is 4. The Balaban J connectivity index is 1.82. The van der Waals surface area contributed by atoms with Crippen LogP contribution in [0.2, 0.25) is 5.02 Å². The van der Waals surface area contributed by atoms with E-state index in [4.69, 9.17) is 11.6 Å². The molecule has 1 heterocycles. The number of likely N-dealkylation sites (N-methyl/N-ethyl adjacent to an activating group) is 1. The lowest BCUT2D eigenvalue weighted by Gasteiger charge is -2.25. The highest BCUT2D eigenvalue weighted by molar-refractivity contribution is 6.32. The molecule has 0 aromatic heterocycles. The molecule has 7 heteroatoms. The van der Waals surface area contributed by atoms with Crippen LogP contribution in [0.5, 0.6) is 0 Å². The van der Waals surface area contributed by atoms with E-state index in [0.717, 1.165) is 22.9 Å². The number of halogens is 4. The van der Waals surface area contributed by atoms with Crippen LogP contribution in [0.1, 0.15) is 35.2 Å². The van der Waals surface area contributed by atoms with Gasteiger partial charge in [-0.15, -0.1) is 0 Å². The molecule has 0 bridgehead atoms. The fourth-order valence-electron chi connectivity index (χ4n) is 3.35. The van der Waals surface area contributed by atoms with E-state index in [1.807, 2.05) is 36.1 Å². The number of nitrogens with one attached hydrogen (secondary N) is 1. The van der Waals surface area contributed by atoms with Crippen LogP contribution in [0.3, 0.4) is 0 Å². The second kappa shape index (κ2) is 7.27. The van der Waals surface area contributed by atoms with Crippen LogP contribution in [0, 0.1) is 0 Å². The molecule has 1 unspecified atom stereocenters. The van der Waals surface area contributed by atoms with Gasteiger partial charge in [0, 0.05) is 24.4 Å². The second-order valence-corrected chi connectivity index (χ2v) is 6.59. The minimum Gasteiger partial charge on any atom is -0.356 e. The molecule has 0 saturated heterocycles. The van der Waals surface area contributed by atoms with Crippen LogP contribution in [0.25, 0.3) is 5.70 Å². The number of fused-ring (bicyclic) bond motifs is 1. The predicted octanol–water partition coefficient (Wildman–Crippen LogP) is 5.02. The molecule has 2 aromatic rings. The number of carbonyl (C=O) groups is 1. The molecular formula is C20H18ClF3N2O. The van der Waals surface area contributed by atoms with Gasteiger partial charge in [0.15, 0.2) is 0 Å². The van der Waals surface area contributed by atoms with Crippen molar-refractivity contribution in [1.82, 2.24) is 10.2 Å². The van der Waals surface area contributed by atoms with Crippen molar-refractivity contribution < 1.29 is 18.0 Å². The van der Waals surface area contributed by atoms with Crippen molar-refractivity contribution in [3.63, 3.8) is 0 Å². The summed E-state index contributed by atoms with van der Waals surface area (Å²) in [5.74, 6) is -0.309. The van der Waals surface area contributed by atoms with E-state index in [0.29, 0.717) is 6.54 Å². The van der Waals surface area contributed by atoms with Gasteiger partial charge in [0.25, 0.3) is 0 Å². The molecule has 3 rings (SSSR count). The standard InChI is InChI=1S/C20H18ClF3N2O/c1-3-26-12(2)14-8-4-5-9-15(14)18(26)19(27)25-11-13-7-6-10-16(17(13)21)20(22,23)24/h4-10,18H,2-3,11H2,1H3,(H,25,27). The molecular weight excluding hydrogens is 377 g/mol. The average molecular weight is 395 g/mol. The lowest BCUT2D eigenvalue weighted by molar-refractivity contribution is -0.137. The SMILES string of the molecule is C=C1c2ccccc2C(C(=O)NCc2cccc(C(F)(F)F)c2Cl)N1CC. The van der Waals surface area contributed by atoms with Crippen molar-refractivity contribution in [1.29, 1.82) is 0 Å². The first-order valence-electron chi connectivity index (χ1n) is 8.42. The molecule has 2 aromatic carbocycles. The first-order valence-corrected chi connectivity index (χ1v) is 8.80. The maximum atomic E-state index is 13.0. The summed E-state index contributed by atoms with van der Waals surface area (Å²) in [6, 6.07) is 10.6. The van der Waals surface area contributed by atoms with Gasteiger partial charge in [-0.05, 0) is 24.1 Å². The normalized spacial score (nSPS) is 16.4. The Morgan fingerprint density at radius 2 is 1.93 bits per heavy atom. The van der Waals surface area contributed by atoms with E-state index in [2.05, 4.69) is 11.9 Å². The van der Waals surface area contributed by atoms with E-state index in [9.17, 15) is 18.0 Å². The molecule has 27 heavy (non-hydrogen) atoms. The third-order valence-corrected chi connectivity index (χ3v) is 5.10. The summed E-state index contributed by atoms with van der Waals surface area (Å²) < 4.78 is 39.0. The number of hydrogen-bond donors (Lipinski definition) is 1. The number of amides is 1. The van der Waals surface area contributed by atoms with E-state index in [-0.39, 0.29) is 18.0 Å². The molecule has 0 fully saturated rings. The van der Waals surface area contributed by atoms with Gasteiger partial charge in [-0.2, -0.15) is 13.2 Å². The van der Waals surface area contributed by atoms with E-state index in [1.165, 1.54) is 12.1 Å². The van der Waals surface area contributed by atoms with E-state index in [1.54, 1.807) is 0 Å². The molecule has 0 aliphatic carbocycles. The summed E-state index contributed by atoms with van der Waals surface area (Å²) in [5, 5.41) is 2.32. The Morgan fingerprint density at radius 3 is 2.59 bits per heavy atom. The third-order valence-electron chi connectivity index (χ3n) is 4.65. The van der Waals surface area contributed by atoms with Crippen molar-refractivity contribution in [2.45, 2.75) is 25.7 Å². The van der Waals surface area contributed by atoms with Crippen LogP contribution in [0.4, 0.5) is 13.2 Å². The molecule has 1 aliphatic rings. The summed E-state index contributed by atoms with van der Waals surface area (Å²) in [7, 11) is 0. The Kier molecular flexibility index (Phi) is 5.20. The molecule has 1 atom stereocenters. The van der Waals surface area contributed by atoms with E-state index < -0.39 is 22.8 Å². The number of nitrogens with zero attached hydrogens (tertiary/aromatic N) is 1. The van der Waals surface area contributed by atoms with Crippen LogP contribution < -0.4 is 5.32 Å². The minimum absolute atomic E-state index is 0.0930. The first-order chi connectivity index (χ1) is 12.8. The summed E-state index contributed by atoms with van der Waals surface area (Å²) >= 11 is 5.90. The Labute approximate surface area is 160 Å². The molecule has 0 spiro atoms. The fraction of sp³-hybridized carbons (Fsp3) is 0.250. The van der Waals surface area contributed by atoms with Gasteiger partial charge in [0.1, 0.15) is 6.04 Å². The Morgan fingerprint density at radius 1 is 1.22 bits per heavy atom. The highest BCUT2D eigenvalue weighted by Gasteiger charge is 2.37. The summed E-state index contributed by atoms with van der Waals surface area (Å²) in [6.07, 6.45) is -4.54. The van der Waals surface area contributed by atoms with Gasteiger partial charge in [0.2, 0.25) is 5.91 Å². The molecule has 1 N–H and O–H groups in total. The molecule has 0 radical (unpaired) electrons. The van der Waals surface area contributed by atoms with Crippen molar-refractivity contribution >= 4 is 23.2 Å². The first kappa shape index (κ1) is 19.3. The molecule has 1 aliphatic heterocycles. The zero-order chi connectivity index (χ0) is 19.8. The Bertz CT molecular complexity index is 895. The van der Waals surface area contributed by atoms with Gasteiger partial charge >= 0.3 is 6.18 Å².